The van der Waals surface area contributed by atoms with E-state index in [1.54, 1.807) is 0 Å². The van der Waals surface area contributed by atoms with Crippen molar-refractivity contribution < 1.29 is 19.7 Å². The van der Waals surface area contributed by atoms with E-state index in [9.17, 15) is 9.90 Å². The summed E-state index contributed by atoms with van der Waals surface area (Å²) in [5, 5.41) is 22.1. The van der Waals surface area contributed by atoms with Crippen LogP contribution >= 0.6 is 0 Å². The molecule has 0 aromatic carbocycles. The lowest BCUT2D eigenvalue weighted by molar-refractivity contribution is -0.137. The highest BCUT2D eigenvalue weighted by atomic mass is 16.5. The number of allylic oxidation sites excluding steroid dienone is 2. The molecule has 2 bridgehead atoms. The van der Waals surface area contributed by atoms with Gasteiger partial charge in [-0.1, -0.05) is 25.5 Å². The predicted octanol–water partition coefficient (Wildman–Crippen LogP) is 2.48. The molecule has 0 aromatic rings. The summed E-state index contributed by atoms with van der Waals surface area (Å²) in [4.78, 5) is 10.5. The van der Waals surface area contributed by atoms with Crippen LogP contribution < -0.4 is 5.32 Å². The smallest absolute Gasteiger partial charge is 0.303 e. The second kappa shape index (κ2) is 9.40. The molecule has 5 nitrogen and oxygen atoms in total. The van der Waals surface area contributed by atoms with E-state index in [4.69, 9.17) is 9.84 Å². The van der Waals surface area contributed by atoms with Gasteiger partial charge in [0.15, 0.2) is 0 Å². The van der Waals surface area contributed by atoms with Gasteiger partial charge < -0.3 is 20.3 Å². The zero-order chi connectivity index (χ0) is 16.7. The molecule has 23 heavy (non-hydrogen) atoms. The first-order valence-electron chi connectivity index (χ1n) is 9.05. The van der Waals surface area contributed by atoms with E-state index in [2.05, 4.69) is 24.4 Å². The van der Waals surface area contributed by atoms with E-state index in [-0.39, 0.29) is 12.5 Å². The van der Waals surface area contributed by atoms with Gasteiger partial charge in [-0.15, -0.1) is 0 Å². The number of carboxylic acid groups (broad SMARTS) is 1. The van der Waals surface area contributed by atoms with E-state index in [1.807, 2.05) is 0 Å². The number of carbonyl (C=O) groups is 1. The number of ether oxygens (including phenoxy) is 1. The number of carboxylic acids is 1. The number of hydrogen-bond acceptors (Lipinski definition) is 4. The molecule has 0 aliphatic carbocycles. The van der Waals surface area contributed by atoms with Crippen LogP contribution in [-0.4, -0.2) is 47.1 Å². The molecule has 5 atom stereocenters. The van der Waals surface area contributed by atoms with Crippen LogP contribution in [0.1, 0.15) is 58.3 Å². The summed E-state index contributed by atoms with van der Waals surface area (Å²) in [6, 6.07) is 0.337. The van der Waals surface area contributed by atoms with Crippen LogP contribution in [0.2, 0.25) is 0 Å². The van der Waals surface area contributed by atoms with Gasteiger partial charge in [0.1, 0.15) is 0 Å². The number of unbranched alkanes of at least 4 members (excludes halogenated alkanes) is 1. The number of aliphatic hydroxyl groups is 1. The lowest BCUT2D eigenvalue weighted by Crippen LogP contribution is -2.46. The van der Waals surface area contributed by atoms with Crippen LogP contribution in [0.4, 0.5) is 0 Å². The zero-order valence-electron chi connectivity index (χ0n) is 14.1. The molecular formula is C18H31NO4. The summed E-state index contributed by atoms with van der Waals surface area (Å²) in [7, 11) is 0. The number of rotatable bonds is 11. The van der Waals surface area contributed by atoms with Crippen LogP contribution in [-0.2, 0) is 9.53 Å². The van der Waals surface area contributed by atoms with E-state index < -0.39 is 5.97 Å². The van der Waals surface area contributed by atoms with Crippen LogP contribution in [0.15, 0.2) is 12.2 Å². The van der Waals surface area contributed by atoms with Crippen molar-refractivity contribution >= 4 is 5.97 Å². The van der Waals surface area contributed by atoms with Crippen molar-refractivity contribution in [2.24, 2.45) is 5.92 Å². The van der Waals surface area contributed by atoms with Gasteiger partial charge in [-0.2, -0.15) is 0 Å². The molecule has 2 rings (SSSR count). The van der Waals surface area contributed by atoms with E-state index in [1.165, 1.54) is 0 Å². The maximum absolute atomic E-state index is 10.5. The molecule has 1 unspecified atom stereocenters. The molecule has 2 saturated heterocycles. The number of aliphatic hydroxyl groups excluding tert-OH is 1. The number of hydrogen-bond donors (Lipinski definition) is 3. The van der Waals surface area contributed by atoms with Crippen molar-refractivity contribution in [3.8, 4) is 0 Å². The molecule has 132 valence electrons. The molecule has 2 aliphatic rings. The first-order valence-corrected chi connectivity index (χ1v) is 9.05. The SMILES string of the molecule is CCCC(O)CN[C@H]1[C@@H](CC=CCCCC(=O)O)[C@H]2CC[C@@H]1O2. The maximum Gasteiger partial charge on any atom is 0.303 e. The van der Waals surface area contributed by atoms with Crippen LogP contribution in [0.25, 0.3) is 0 Å². The number of aliphatic carboxylic acids is 1. The lowest BCUT2D eigenvalue weighted by atomic mass is 9.82. The van der Waals surface area contributed by atoms with Gasteiger partial charge in [0.2, 0.25) is 0 Å². The highest BCUT2D eigenvalue weighted by Crippen LogP contribution is 2.41. The summed E-state index contributed by atoms with van der Waals surface area (Å²) in [6.45, 7) is 2.73. The first kappa shape index (κ1) is 18.4. The molecule has 0 aromatic heterocycles. The summed E-state index contributed by atoms with van der Waals surface area (Å²) in [6.07, 6.45) is 11.4. The van der Waals surface area contributed by atoms with Crippen molar-refractivity contribution in [3.05, 3.63) is 12.2 Å². The number of nitrogens with one attached hydrogen (secondary N) is 1. The Hall–Kier alpha value is -0.910. The van der Waals surface area contributed by atoms with Crippen LogP contribution in [0, 0.1) is 5.92 Å². The van der Waals surface area contributed by atoms with Gasteiger partial charge in [-0.25, -0.2) is 0 Å². The van der Waals surface area contributed by atoms with Crippen molar-refractivity contribution in [2.45, 2.75) is 82.6 Å². The van der Waals surface area contributed by atoms with Gasteiger partial charge in [-0.3, -0.25) is 4.79 Å². The van der Waals surface area contributed by atoms with Crippen LogP contribution in [0.3, 0.4) is 0 Å². The van der Waals surface area contributed by atoms with Crippen molar-refractivity contribution in [3.63, 3.8) is 0 Å². The van der Waals surface area contributed by atoms with Crippen molar-refractivity contribution in [2.75, 3.05) is 6.54 Å². The molecule has 0 spiro atoms. The van der Waals surface area contributed by atoms with E-state index in [0.29, 0.717) is 37.1 Å². The third-order valence-corrected chi connectivity index (χ3v) is 4.97. The molecule has 2 aliphatic heterocycles. The Kier molecular flexibility index (Phi) is 7.53. The highest BCUT2D eigenvalue weighted by Gasteiger charge is 2.47. The maximum atomic E-state index is 10.5. The zero-order valence-corrected chi connectivity index (χ0v) is 14.1. The molecule has 0 saturated carbocycles. The second-order valence-corrected chi connectivity index (χ2v) is 6.82. The summed E-state index contributed by atoms with van der Waals surface area (Å²) >= 11 is 0. The first-order chi connectivity index (χ1) is 11.1. The molecule has 0 radical (unpaired) electrons. The van der Waals surface area contributed by atoms with Crippen molar-refractivity contribution in [1.29, 1.82) is 0 Å². The van der Waals surface area contributed by atoms with Gasteiger partial charge in [0, 0.05) is 24.9 Å². The minimum absolute atomic E-state index is 0.237. The average molecular weight is 325 g/mol. The predicted molar refractivity (Wildman–Crippen MR) is 89.3 cm³/mol. The monoisotopic (exact) mass is 325 g/mol. The third-order valence-electron chi connectivity index (χ3n) is 4.97. The fraction of sp³-hybridized carbons (Fsp3) is 0.833. The van der Waals surface area contributed by atoms with E-state index >= 15 is 0 Å². The fourth-order valence-electron chi connectivity index (χ4n) is 3.81. The van der Waals surface area contributed by atoms with Gasteiger partial charge in [-0.05, 0) is 38.5 Å². The largest absolute Gasteiger partial charge is 0.481 e. The van der Waals surface area contributed by atoms with Crippen molar-refractivity contribution in [1.82, 2.24) is 5.32 Å². The normalized spacial score (nSPS) is 31.0. The number of fused-ring (bicyclic) bond motifs is 2. The molecule has 3 N–H and O–H groups in total. The molecule has 0 amide bonds. The van der Waals surface area contributed by atoms with Crippen LogP contribution in [0.5, 0.6) is 0 Å². The Balaban J connectivity index is 1.74. The standard InChI is InChI=1S/C18H31NO4/c1-2-7-13(20)12-19-18-14(15-10-11-16(18)23-15)8-5-3-4-6-9-17(21)22/h3,5,13-16,18-20H,2,4,6-12H2,1H3,(H,21,22)/t13?,14-,15+,16-,18-/m0/s1. The lowest BCUT2D eigenvalue weighted by Gasteiger charge is -2.29. The molecule has 2 heterocycles. The Morgan fingerprint density at radius 2 is 2.13 bits per heavy atom. The summed E-state index contributed by atoms with van der Waals surface area (Å²) in [5.74, 6) is -0.256. The van der Waals surface area contributed by atoms with Gasteiger partial charge >= 0.3 is 5.97 Å². The summed E-state index contributed by atoms with van der Waals surface area (Å²) in [5.41, 5.74) is 0. The Morgan fingerprint density at radius 3 is 2.87 bits per heavy atom. The van der Waals surface area contributed by atoms with Gasteiger partial charge in [0.25, 0.3) is 0 Å². The quantitative estimate of drug-likeness (QED) is 0.402. The molecule has 2 fully saturated rings. The highest BCUT2D eigenvalue weighted by molar-refractivity contribution is 5.66. The van der Waals surface area contributed by atoms with E-state index in [0.717, 1.165) is 38.5 Å². The Bertz CT molecular complexity index is 398. The molecule has 5 heteroatoms. The minimum Gasteiger partial charge on any atom is -0.481 e. The third kappa shape index (κ3) is 5.59. The Labute approximate surface area is 139 Å². The minimum atomic E-state index is -0.727. The average Bonchev–Trinajstić information content (AvgIpc) is 3.10. The Morgan fingerprint density at radius 1 is 1.35 bits per heavy atom. The molecular weight excluding hydrogens is 294 g/mol. The topological polar surface area (TPSA) is 78.8 Å². The second-order valence-electron chi connectivity index (χ2n) is 6.82. The fourth-order valence-corrected chi connectivity index (χ4v) is 3.81. The summed E-state index contributed by atoms with van der Waals surface area (Å²) < 4.78 is 6.04. The van der Waals surface area contributed by atoms with Gasteiger partial charge in [0.05, 0.1) is 18.3 Å².